The number of piperidine rings is 1. The molecule has 1 saturated heterocycles. The first-order valence-corrected chi connectivity index (χ1v) is 9.02. The zero-order valence-electron chi connectivity index (χ0n) is 15.1. The maximum absolute atomic E-state index is 12.8. The molecule has 1 aliphatic heterocycles. The summed E-state index contributed by atoms with van der Waals surface area (Å²) in [7, 11) is 3.85. The number of likely N-dealkylation sites (N-methyl/N-ethyl adjacent to an activating group) is 1. The largest absolute Gasteiger partial charge is 0.372 e. The molecule has 4 nitrogen and oxygen atoms in total. The number of rotatable bonds is 5. The molecule has 1 fully saturated rings. The van der Waals surface area contributed by atoms with Gasteiger partial charge in [-0.05, 0) is 63.2 Å². The third-order valence-corrected chi connectivity index (χ3v) is 4.74. The fourth-order valence-corrected chi connectivity index (χ4v) is 3.44. The van der Waals surface area contributed by atoms with E-state index in [2.05, 4.69) is 22.3 Å². The number of nitrogens with one attached hydrogen (secondary N) is 1. The quantitative estimate of drug-likeness (QED) is 0.898. The smallest absolute Gasteiger partial charge is 0.246 e. The van der Waals surface area contributed by atoms with Crippen LogP contribution < -0.4 is 10.2 Å². The topological polar surface area (TPSA) is 35.6 Å². The lowest BCUT2D eigenvalue weighted by Gasteiger charge is -2.29. The van der Waals surface area contributed by atoms with Crippen LogP contribution in [0.1, 0.15) is 30.9 Å². The summed E-state index contributed by atoms with van der Waals surface area (Å²) in [5, 5.41) is 3.05. The van der Waals surface area contributed by atoms with Crippen molar-refractivity contribution in [3.63, 3.8) is 0 Å². The Bertz CT molecular complexity index is 676. The van der Waals surface area contributed by atoms with E-state index in [9.17, 15) is 4.79 Å². The summed E-state index contributed by atoms with van der Waals surface area (Å²) >= 11 is 0. The zero-order valence-corrected chi connectivity index (χ0v) is 15.1. The molecule has 1 atom stereocenters. The maximum atomic E-state index is 12.8. The van der Waals surface area contributed by atoms with Gasteiger partial charge in [0.15, 0.2) is 0 Å². The summed E-state index contributed by atoms with van der Waals surface area (Å²) in [6, 6.07) is 17.8. The van der Waals surface area contributed by atoms with E-state index in [0.29, 0.717) is 0 Å². The summed E-state index contributed by atoms with van der Waals surface area (Å²) in [5.74, 6) is -0.0121. The first-order valence-electron chi connectivity index (χ1n) is 9.02. The van der Waals surface area contributed by atoms with Gasteiger partial charge in [0.05, 0.1) is 0 Å². The zero-order chi connectivity index (χ0) is 17.6. The van der Waals surface area contributed by atoms with Crippen LogP contribution in [0.5, 0.6) is 0 Å². The fourth-order valence-electron chi connectivity index (χ4n) is 3.44. The number of carbonyl (C=O) groups excluding carboxylic acids is 1. The standard InChI is InChI=1S/C21H27N3O/c1-23(2)20(17-9-5-3-6-10-17)21(25)22-18-11-13-19(14-12-18)24-15-7-4-8-16-24/h3,5-6,9-14,20H,4,7-8,15-16H2,1-2H3,(H,22,25). The first-order chi connectivity index (χ1) is 12.1. The van der Waals surface area contributed by atoms with Crippen LogP contribution in [0.25, 0.3) is 0 Å². The minimum Gasteiger partial charge on any atom is -0.372 e. The molecule has 2 aromatic carbocycles. The first kappa shape index (κ1) is 17.5. The second-order valence-corrected chi connectivity index (χ2v) is 6.86. The van der Waals surface area contributed by atoms with Gasteiger partial charge in [-0.25, -0.2) is 0 Å². The van der Waals surface area contributed by atoms with E-state index in [4.69, 9.17) is 0 Å². The van der Waals surface area contributed by atoms with E-state index in [-0.39, 0.29) is 11.9 Å². The average Bonchev–Trinajstić information content (AvgIpc) is 2.64. The second-order valence-electron chi connectivity index (χ2n) is 6.86. The Labute approximate surface area is 150 Å². The van der Waals surface area contributed by atoms with Gasteiger partial charge in [0.1, 0.15) is 6.04 Å². The van der Waals surface area contributed by atoms with E-state index in [0.717, 1.165) is 24.3 Å². The van der Waals surface area contributed by atoms with Crippen LogP contribution in [0.3, 0.4) is 0 Å². The van der Waals surface area contributed by atoms with Crippen molar-refractivity contribution in [2.45, 2.75) is 25.3 Å². The Kier molecular flexibility index (Phi) is 5.71. The van der Waals surface area contributed by atoms with E-state index in [1.807, 2.05) is 61.5 Å². The van der Waals surface area contributed by atoms with Crippen LogP contribution in [0.15, 0.2) is 54.6 Å². The Morgan fingerprint density at radius 2 is 1.60 bits per heavy atom. The molecule has 2 aromatic rings. The maximum Gasteiger partial charge on any atom is 0.246 e. The molecule has 3 rings (SSSR count). The molecule has 0 bridgehead atoms. The molecule has 0 radical (unpaired) electrons. The highest BCUT2D eigenvalue weighted by Gasteiger charge is 2.22. The molecule has 0 aromatic heterocycles. The molecule has 1 N–H and O–H groups in total. The highest BCUT2D eigenvalue weighted by atomic mass is 16.2. The van der Waals surface area contributed by atoms with E-state index in [1.165, 1.54) is 24.9 Å². The lowest BCUT2D eigenvalue weighted by molar-refractivity contribution is -0.120. The van der Waals surface area contributed by atoms with Crippen molar-refractivity contribution < 1.29 is 4.79 Å². The normalized spacial score (nSPS) is 15.9. The predicted octanol–water partition coefficient (Wildman–Crippen LogP) is 3.92. The highest BCUT2D eigenvalue weighted by molar-refractivity contribution is 5.95. The molecule has 0 spiro atoms. The third-order valence-electron chi connectivity index (χ3n) is 4.74. The van der Waals surface area contributed by atoms with Gasteiger partial charge in [-0.2, -0.15) is 0 Å². The van der Waals surface area contributed by atoms with Gasteiger partial charge in [0, 0.05) is 24.5 Å². The molecule has 25 heavy (non-hydrogen) atoms. The predicted molar refractivity (Wildman–Crippen MR) is 104 cm³/mol. The minimum atomic E-state index is -0.303. The Hall–Kier alpha value is -2.33. The van der Waals surface area contributed by atoms with Crippen molar-refractivity contribution in [3.8, 4) is 0 Å². The van der Waals surface area contributed by atoms with Crippen LogP contribution in [0, 0.1) is 0 Å². The number of hydrogen-bond acceptors (Lipinski definition) is 3. The number of anilines is 2. The molecule has 4 heteroatoms. The Balaban J connectivity index is 1.69. The molecule has 132 valence electrons. The van der Waals surface area contributed by atoms with Gasteiger partial charge in [0.2, 0.25) is 5.91 Å². The van der Waals surface area contributed by atoms with Gasteiger partial charge in [-0.15, -0.1) is 0 Å². The van der Waals surface area contributed by atoms with Gasteiger partial charge >= 0.3 is 0 Å². The van der Waals surface area contributed by atoms with Crippen molar-refractivity contribution in [3.05, 3.63) is 60.2 Å². The van der Waals surface area contributed by atoms with Crippen LogP contribution >= 0.6 is 0 Å². The Morgan fingerprint density at radius 1 is 0.960 bits per heavy atom. The molecule has 1 aliphatic rings. The van der Waals surface area contributed by atoms with Crippen LogP contribution in [0.2, 0.25) is 0 Å². The minimum absolute atomic E-state index is 0.0121. The van der Waals surface area contributed by atoms with Crippen LogP contribution in [-0.2, 0) is 4.79 Å². The number of amides is 1. The van der Waals surface area contributed by atoms with Crippen molar-refractivity contribution in [2.75, 3.05) is 37.4 Å². The molecule has 1 unspecified atom stereocenters. The van der Waals surface area contributed by atoms with Crippen molar-refractivity contribution in [2.24, 2.45) is 0 Å². The lowest BCUT2D eigenvalue weighted by atomic mass is 10.1. The monoisotopic (exact) mass is 337 g/mol. The van der Waals surface area contributed by atoms with E-state index >= 15 is 0 Å². The van der Waals surface area contributed by atoms with Crippen LogP contribution in [-0.4, -0.2) is 38.0 Å². The fraction of sp³-hybridized carbons (Fsp3) is 0.381. The van der Waals surface area contributed by atoms with Crippen molar-refractivity contribution in [1.29, 1.82) is 0 Å². The second kappa shape index (κ2) is 8.17. The SMILES string of the molecule is CN(C)C(C(=O)Nc1ccc(N2CCCCC2)cc1)c1ccccc1. The summed E-state index contributed by atoms with van der Waals surface area (Å²) in [5.41, 5.74) is 3.08. The van der Waals surface area contributed by atoms with E-state index < -0.39 is 0 Å². The molecule has 1 amide bonds. The van der Waals surface area contributed by atoms with Crippen LogP contribution in [0.4, 0.5) is 11.4 Å². The van der Waals surface area contributed by atoms with Gasteiger partial charge in [-0.1, -0.05) is 30.3 Å². The van der Waals surface area contributed by atoms with Gasteiger partial charge in [-0.3, -0.25) is 9.69 Å². The molecule has 0 saturated carbocycles. The third kappa shape index (κ3) is 4.40. The van der Waals surface area contributed by atoms with Crippen molar-refractivity contribution in [1.82, 2.24) is 4.90 Å². The Morgan fingerprint density at radius 3 is 2.20 bits per heavy atom. The molecule has 0 aliphatic carbocycles. The molecular formula is C21H27N3O. The lowest BCUT2D eigenvalue weighted by Crippen LogP contribution is -2.32. The summed E-state index contributed by atoms with van der Waals surface area (Å²) in [4.78, 5) is 17.1. The number of hydrogen-bond donors (Lipinski definition) is 1. The summed E-state index contributed by atoms with van der Waals surface area (Å²) < 4.78 is 0. The summed E-state index contributed by atoms with van der Waals surface area (Å²) in [6.07, 6.45) is 3.86. The summed E-state index contributed by atoms with van der Waals surface area (Å²) in [6.45, 7) is 2.25. The number of benzene rings is 2. The van der Waals surface area contributed by atoms with Gasteiger partial charge < -0.3 is 10.2 Å². The van der Waals surface area contributed by atoms with Crippen molar-refractivity contribution >= 4 is 17.3 Å². The highest BCUT2D eigenvalue weighted by Crippen LogP contribution is 2.24. The molecular weight excluding hydrogens is 310 g/mol. The van der Waals surface area contributed by atoms with Gasteiger partial charge in [0.25, 0.3) is 0 Å². The molecule has 1 heterocycles. The van der Waals surface area contributed by atoms with E-state index in [1.54, 1.807) is 0 Å². The number of carbonyl (C=O) groups is 1. The average molecular weight is 337 g/mol. The number of nitrogens with zero attached hydrogens (tertiary/aromatic N) is 2.